The zero-order valence-corrected chi connectivity index (χ0v) is 20.2. The van der Waals surface area contributed by atoms with Crippen LogP contribution in [0.5, 0.6) is 0 Å². The first-order chi connectivity index (χ1) is 15.0. The number of guanidine groups is 1. The molecule has 1 aromatic rings. The van der Waals surface area contributed by atoms with Crippen LogP contribution in [0.15, 0.2) is 23.3 Å². The van der Waals surface area contributed by atoms with E-state index in [1.165, 1.54) is 37.9 Å². The molecule has 174 valence electrons. The van der Waals surface area contributed by atoms with E-state index < -0.39 is 0 Å². The Kier molecular flexibility index (Phi) is 8.96. The summed E-state index contributed by atoms with van der Waals surface area (Å²) in [6.45, 7) is 19.3. The fourth-order valence-electron chi connectivity index (χ4n) is 4.45. The number of nitrogens with one attached hydrogen (secondary N) is 2. The predicted molar refractivity (Wildman–Crippen MR) is 131 cm³/mol. The fraction of sp³-hybridized carbons (Fsp3) is 0.750. The Labute approximate surface area is 189 Å². The van der Waals surface area contributed by atoms with Gasteiger partial charge < -0.3 is 20.4 Å². The topological polar surface area (TPSA) is 59.0 Å². The molecule has 3 rings (SSSR count). The standard InChI is InChI=1S/C24H43N7/c1-5-25-23(28-20-24(3,4)31-12-8-7-9-13-31)27-19-21-10-11-26-22(18-21)30-16-14-29(6-2)15-17-30/h10-11,18H,5-9,12-17,19-20H2,1-4H3,(H2,25,27,28). The second-order valence-corrected chi connectivity index (χ2v) is 9.35. The molecule has 0 atom stereocenters. The Morgan fingerprint density at radius 3 is 2.45 bits per heavy atom. The van der Waals surface area contributed by atoms with E-state index in [0.29, 0.717) is 6.54 Å². The van der Waals surface area contributed by atoms with Crippen LogP contribution in [0.1, 0.15) is 52.5 Å². The summed E-state index contributed by atoms with van der Waals surface area (Å²) in [6.07, 6.45) is 5.92. The average Bonchev–Trinajstić information content (AvgIpc) is 2.82. The largest absolute Gasteiger partial charge is 0.357 e. The van der Waals surface area contributed by atoms with Crippen molar-refractivity contribution in [3.8, 4) is 0 Å². The van der Waals surface area contributed by atoms with Crippen LogP contribution < -0.4 is 15.5 Å². The maximum absolute atomic E-state index is 4.86. The highest BCUT2D eigenvalue weighted by atomic mass is 15.3. The van der Waals surface area contributed by atoms with Gasteiger partial charge in [0.1, 0.15) is 5.82 Å². The van der Waals surface area contributed by atoms with Gasteiger partial charge in [-0.1, -0.05) is 13.3 Å². The summed E-state index contributed by atoms with van der Waals surface area (Å²) in [5.41, 5.74) is 1.33. The lowest BCUT2D eigenvalue weighted by atomic mass is 9.98. The average molecular weight is 430 g/mol. The van der Waals surface area contributed by atoms with E-state index in [4.69, 9.17) is 4.99 Å². The first kappa shape index (κ1) is 23.8. The van der Waals surface area contributed by atoms with E-state index in [0.717, 1.165) is 57.6 Å². The second kappa shape index (κ2) is 11.7. The number of anilines is 1. The number of hydrogen-bond acceptors (Lipinski definition) is 5. The summed E-state index contributed by atoms with van der Waals surface area (Å²) >= 11 is 0. The highest BCUT2D eigenvalue weighted by Crippen LogP contribution is 2.20. The van der Waals surface area contributed by atoms with Gasteiger partial charge in [0.2, 0.25) is 0 Å². The summed E-state index contributed by atoms with van der Waals surface area (Å²) in [7, 11) is 0. The van der Waals surface area contributed by atoms with Gasteiger partial charge in [0.05, 0.1) is 6.54 Å². The summed E-state index contributed by atoms with van der Waals surface area (Å²) < 4.78 is 0. The molecule has 0 aromatic carbocycles. The molecule has 0 spiro atoms. The molecule has 2 aliphatic heterocycles. The minimum absolute atomic E-state index is 0.126. The van der Waals surface area contributed by atoms with Crippen molar-refractivity contribution in [2.24, 2.45) is 4.99 Å². The van der Waals surface area contributed by atoms with Gasteiger partial charge in [0.15, 0.2) is 5.96 Å². The van der Waals surface area contributed by atoms with Gasteiger partial charge in [-0.15, -0.1) is 0 Å². The molecule has 2 saturated heterocycles. The number of rotatable bonds is 8. The van der Waals surface area contributed by atoms with E-state index >= 15 is 0 Å². The molecule has 0 amide bonds. The number of likely N-dealkylation sites (tertiary alicyclic amines) is 1. The van der Waals surface area contributed by atoms with E-state index in [2.05, 4.69) is 70.1 Å². The monoisotopic (exact) mass is 429 g/mol. The second-order valence-electron chi connectivity index (χ2n) is 9.35. The summed E-state index contributed by atoms with van der Waals surface area (Å²) in [4.78, 5) is 17.0. The number of piperazine rings is 1. The van der Waals surface area contributed by atoms with Crippen LogP contribution in [0.4, 0.5) is 5.82 Å². The quantitative estimate of drug-likeness (QED) is 0.489. The van der Waals surface area contributed by atoms with Gasteiger partial charge in [0.25, 0.3) is 0 Å². The molecule has 0 saturated carbocycles. The van der Waals surface area contributed by atoms with E-state index in [1.807, 2.05) is 6.20 Å². The third-order valence-electron chi connectivity index (χ3n) is 6.62. The van der Waals surface area contributed by atoms with Crippen LogP contribution in [0.2, 0.25) is 0 Å². The third-order valence-corrected chi connectivity index (χ3v) is 6.62. The van der Waals surface area contributed by atoms with Crippen molar-refractivity contribution in [2.75, 3.05) is 63.8 Å². The van der Waals surface area contributed by atoms with Gasteiger partial charge in [-0.05, 0) is 70.9 Å². The van der Waals surface area contributed by atoms with Crippen LogP contribution in [0.3, 0.4) is 0 Å². The Bertz CT molecular complexity index is 689. The smallest absolute Gasteiger partial charge is 0.191 e. The van der Waals surface area contributed by atoms with Gasteiger partial charge in [0, 0.05) is 51.0 Å². The molecule has 2 N–H and O–H groups in total. The minimum atomic E-state index is 0.126. The predicted octanol–water partition coefficient (Wildman–Crippen LogP) is 2.54. The lowest BCUT2D eigenvalue weighted by Gasteiger charge is -2.41. The zero-order valence-electron chi connectivity index (χ0n) is 20.2. The molecule has 0 radical (unpaired) electrons. The Hall–Kier alpha value is -1.86. The molecule has 0 bridgehead atoms. The number of piperidine rings is 1. The van der Waals surface area contributed by atoms with Gasteiger partial charge in [-0.25, -0.2) is 9.98 Å². The van der Waals surface area contributed by atoms with Crippen molar-refractivity contribution in [1.82, 2.24) is 25.4 Å². The third kappa shape index (κ3) is 7.07. The molecule has 0 aliphatic carbocycles. The maximum Gasteiger partial charge on any atom is 0.191 e. The molecule has 7 nitrogen and oxygen atoms in total. The molecular weight excluding hydrogens is 386 g/mol. The Morgan fingerprint density at radius 1 is 1.03 bits per heavy atom. The van der Waals surface area contributed by atoms with Crippen LogP contribution >= 0.6 is 0 Å². The number of pyridine rings is 1. The van der Waals surface area contributed by atoms with E-state index in [1.54, 1.807) is 0 Å². The Morgan fingerprint density at radius 2 is 1.77 bits per heavy atom. The normalized spacial score (nSPS) is 19.5. The van der Waals surface area contributed by atoms with Crippen LogP contribution in [0, 0.1) is 0 Å². The number of nitrogens with zero attached hydrogens (tertiary/aromatic N) is 5. The molecule has 0 unspecified atom stereocenters. The SMILES string of the molecule is CCNC(=NCc1ccnc(N2CCN(CC)CC2)c1)NCC(C)(C)N1CCCCC1. The zero-order chi connectivity index (χ0) is 22.1. The van der Waals surface area contributed by atoms with Crippen LogP contribution in [-0.2, 0) is 6.54 Å². The van der Waals surface area contributed by atoms with E-state index in [9.17, 15) is 0 Å². The van der Waals surface area contributed by atoms with Crippen molar-refractivity contribution in [1.29, 1.82) is 0 Å². The van der Waals surface area contributed by atoms with Crippen molar-refractivity contribution >= 4 is 11.8 Å². The Balaban J connectivity index is 1.57. The molecule has 2 fully saturated rings. The van der Waals surface area contributed by atoms with E-state index in [-0.39, 0.29) is 5.54 Å². The van der Waals surface area contributed by atoms with Crippen LogP contribution in [0.25, 0.3) is 0 Å². The summed E-state index contributed by atoms with van der Waals surface area (Å²) in [5.74, 6) is 1.97. The highest BCUT2D eigenvalue weighted by Gasteiger charge is 2.27. The highest BCUT2D eigenvalue weighted by molar-refractivity contribution is 5.79. The molecule has 7 heteroatoms. The van der Waals surface area contributed by atoms with Crippen molar-refractivity contribution in [3.63, 3.8) is 0 Å². The first-order valence-corrected chi connectivity index (χ1v) is 12.2. The van der Waals surface area contributed by atoms with Gasteiger partial charge in [-0.2, -0.15) is 0 Å². The molecule has 1 aromatic heterocycles. The summed E-state index contributed by atoms with van der Waals surface area (Å²) in [6, 6.07) is 4.28. The maximum atomic E-state index is 4.86. The first-order valence-electron chi connectivity index (χ1n) is 12.2. The number of aliphatic imine (C=N–C) groups is 1. The summed E-state index contributed by atoms with van der Waals surface area (Å²) in [5, 5.41) is 6.99. The van der Waals surface area contributed by atoms with Gasteiger partial charge in [-0.3, -0.25) is 4.90 Å². The number of hydrogen-bond donors (Lipinski definition) is 2. The molecule has 31 heavy (non-hydrogen) atoms. The molecule has 2 aliphatic rings. The lowest BCUT2D eigenvalue weighted by Crippen LogP contribution is -2.54. The number of aromatic nitrogens is 1. The fourth-order valence-corrected chi connectivity index (χ4v) is 4.45. The van der Waals surface area contributed by atoms with Crippen molar-refractivity contribution in [2.45, 2.75) is 59.0 Å². The number of likely N-dealkylation sites (N-methyl/N-ethyl adjacent to an activating group) is 1. The lowest BCUT2D eigenvalue weighted by molar-refractivity contribution is 0.0982. The van der Waals surface area contributed by atoms with Crippen LogP contribution in [-0.4, -0.2) is 85.2 Å². The molecular formula is C24H43N7. The van der Waals surface area contributed by atoms with Crippen molar-refractivity contribution in [3.05, 3.63) is 23.9 Å². The van der Waals surface area contributed by atoms with Crippen molar-refractivity contribution < 1.29 is 0 Å². The minimum Gasteiger partial charge on any atom is -0.357 e. The van der Waals surface area contributed by atoms with Gasteiger partial charge >= 0.3 is 0 Å². The molecule has 3 heterocycles.